The summed E-state index contributed by atoms with van der Waals surface area (Å²) in [5.41, 5.74) is 0.714. The Morgan fingerprint density at radius 3 is 2.55 bits per heavy atom. The van der Waals surface area contributed by atoms with Crippen molar-refractivity contribution in [1.82, 2.24) is 0 Å². The molecule has 0 heterocycles. The van der Waals surface area contributed by atoms with Gasteiger partial charge in [-0.3, -0.25) is 0 Å². The number of aryl methyl sites for hydroxylation is 1. The molecule has 116 valence electrons. The maximum atomic E-state index is 13.5. The fourth-order valence-corrected chi connectivity index (χ4v) is 1.87. The Morgan fingerprint density at radius 2 is 1.91 bits per heavy atom. The predicted molar refractivity (Wildman–Crippen MR) is 76.6 cm³/mol. The highest BCUT2D eigenvalue weighted by Gasteiger charge is 2.17. The van der Waals surface area contributed by atoms with Crippen LogP contribution in [0.4, 0.5) is 4.39 Å². The monoisotopic (exact) mass is 306 g/mol. The molecule has 0 fully saturated rings. The van der Waals surface area contributed by atoms with E-state index in [2.05, 4.69) is 0 Å². The van der Waals surface area contributed by atoms with E-state index in [1.807, 2.05) is 0 Å². The average Bonchev–Trinajstić information content (AvgIpc) is 2.50. The molecule has 0 aliphatic carbocycles. The van der Waals surface area contributed by atoms with Crippen molar-refractivity contribution in [2.75, 3.05) is 7.11 Å². The average molecular weight is 306 g/mol. The smallest absolute Gasteiger partial charge is 0.342 e. The minimum absolute atomic E-state index is 0.0937. The van der Waals surface area contributed by atoms with Crippen molar-refractivity contribution < 1.29 is 28.9 Å². The second-order valence-electron chi connectivity index (χ2n) is 4.67. The van der Waals surface area contributed by atoms with Crippen molar-refractivity contribution in [3.05, 3.63) is 52.8 Å². The molecule has 6 heteroatoms. The van der Waals surface area contributed by atoms with E-state index in [-0.39, 0.29) is 23.7 Å². The number of benzene rings is 2. The van der Waals surface area contributed by atoms with Crippen LogP contribution in [-0.2, 0) is 11.3 Å². The van der Waals surface area contributed by atoms with Gasteiger partial charge in [-0.2, -0.15) is 0 Å². The maximum absolute atomic E-state index is 13.5. The molecule has 0 aliphatic rings. The van der Waals surface area contributed by atoms with Gasteiger partial charge in [-0.15, -0.1) is 0 Å². The number of hydrogen-bond acceptors (Lipinski definition) is 5. The van der Waals surface area contributed by atoms with Gasteiger partial charge in [0.15, 0.2) is 23.1 Å². The number of esters is 1. The summed E-state index contributed by atoms with van der Waals surface area (Å²) in [6.07, 6.45) is 0. The summed E-state index contributed by atoms with van der Waals surface area (Å²) < 4.78 is 23.3. The van der Waals surface area contributed by atoms with Gasteiger partial charge in [-0.05, 0) is 36.2 Å². The summed E-state index contributed by atoms with van der Waals surface area (Å²) >= 11 is 0. The second kappa shape index (κ2) is 6.34. The summed E-state index contributed by atoms with van der Waals surface area (Å²) in [5.74, 6) is -2.19. The molecule has 2 aromatic rings. The van der Waals surface area contributed by atoms with Crippen LogP contribution in [0.15, 0.2) is 30.3 Å². The van der Waals surface area contributed by atoms with Gasteiger partial charge in [-0.25, -0.2) is 9.18 Å². The summed E-state index contributed by atoms with van der Waals surface area (Å²) in [4.78, 5) is 11.9. The van der Waals surface area contributed by atoms with Gasteiger partial charge in [0.25, 0.3) is 0 Å². The number of ether oxygens (including phenoxy) is 2. The van der Waals surface area contributed by atoms with Crippen molar-refractivity contribution in [3.8, 4) is 17.2 Å². The topological polar surface area (TPSA) is 76.0 Å². The summed E-state index contributed by atoms with van der Waals surface area (Å²) in [5, 5.41) is 19.3. The number of phenolic OH excluding ortho intramolecular Hbond substituents is 2. The molecule has 2 rings (SSSR count). The first-order chi connectivity index (χ1) is 10.4. The van der Waals surface area contributed by atoms with E-state index in [0.29, 0.717) is 11.1 Å². The Kier molecular flexibility index (Phi) is 4.50. The van der Waals surface area contributed by atoms with E-state index >= 15 is 0 Å². The molecule has 0 radical (unpaired) electrons. The molecule has 0 aromatic heterocycles. The highest BCUT2D eigenvalue weighted by molar-refractivity contribution is 5.93. The molecule has 0 aliphatic heterocycles. The first kappa shape index (κ1) is 15.6. The quantitative estimate of drug-likeness (QED) is 0.671. The molecular weight excluding hydrogens is 291 g/mol. The molecule has 0 saturated carbocycles. The molecule has 22 heavy (non-hydrogen) atoms. The standard InChI is InChI=1S/C16H15FO5/c1-9-3-5-11(15(19)14(9)18)16(20)22-8-10-4-6-13(21-2)12(17)7-10/h3-7,18-19H,8H2,1-2H3. The first-order valence-corrected chi connectivity index (χ1v) is 6.45. The predicted octanol–water partition coefficient (Wildman–Crippen LogP) is 2.91. The van der Waals surface area contributed by atoms with Crippen LogP contribution in [-0.4, -0.2) is 23.3 Å². The SMILES string of the molecule is COc1ccc(COC(=O)c2ccc(C)c(O)c2O)cc1F. The lowest BCUT2D eigenvalue weighted by atomic mass is 10.1. The minimum atomic E-state index is -0.816. The van der Waals surface area contributed by atoms with Crippen LogP contribution in [0.2, 0.25) is 0 Å². The van der Waals surface area contributed by atoms with Gasteiger partial charge in [-0.1, -0.05) is 12.1 Å². The van der Waals surface area contributed by atoms with Gasteiger partial charge in [0.05, 0.1) is 7.11 Å². The number of halogens is 1. The fourth-order valence-electron chi connectivity index (χ4n) is 1.87. The number of methoxy groups -OCH3 is 1. The van der Waals surface area contributed by atoms with Crippen LogP contribution >= 0.6 is 0 Å². The molecule has 2 N–H and O–H groups in total. The van der Waals surface area contributed by atoms with Crippen LogP contribution in [0, 0.1) is 12.7 Å². The van der Waals surface area contributed by atoms with Gasteiger partial charge in [0, 0.05) is 0 Å². The van der Waals surface area contributed by atoms with Crippen LogP contribution in [0.1, 0.15) is 21.5 Å². The zero-order valence-corrected chi connectivity index (χ0v) is 12.1. The lowest BCUT2D eigenvalue weighted by Crippen LogP contribution is -2.06. The Labute approximate surface area is 126 Å². The molecule has 5 nitrogen and oxygen atoms in total. The van der Waals surface area contributed by atoms with Gasteiger partial charge in [0.1, 0.15) is 12.2 Å². The largest absolute Gasteiger partial charge is 0.504 e. The third kappa shape index (κ3) is 3.11. The van der Waals surface area contributed by atoms with Crippen LogP contribution in [0.5, 0.6) is 17.2 Å². The van der Waals surface area contributed by atoms with Crippen LogP contribution in [0.25, 0.3) is 0 Å². The van der Waals surface area contributed by atoms with E-state index in [0.717, 1.165) is 0 Å². The number of hydrogen-bond donors (Lipinski definition) is 2. The fraction of sp³-hybridized carbons (Fsp3) is 0.188. The molecule has 0 saturated heterocycles. The Hall–Kier alpha value is -2.76. The normalized spacial score (nSPS) is 10.3. The molecular formula is C16H15FO5. The highest BCUT2D eigenvalue weighted by atomic mass is 19.1. The molecule has 0 unspecified atom stereocenters. The van der Waals surface area contributed by atoms with Crippen molar-refractivity contribution in [2.45, 2.75) is 13.5 Å². The summed E-state index contributed by atoms with van der Waals surface area (Å²) in [6, 6.07) is 7.01. The van der Waals surface area contributed by atoms with Crippen molar-refractivity contribution in [1.29, 1.82) is 0 Å². The van der Waals surface area contributed by atoms with E-state index in [9.17, 15) is 19.4 Å². The molecule has 2 aromatic carbocycles. The van der Waals surface area contributed by atoms with E-state index in [1.54, 1.807) is 13.0 Å². The zero-order chi connectivity index (χ0) is 16.3. The summed E-state index contributed by atoms with van der Waals surface area (Å²) in [7, 11) is 1.35. The maximum Gasteiger partial charge on any atom is 0.342 e. The number of phenols is 2. The Bertz CT molecular complexity index is 712. The lowest BCUT2D eigenvalue weighted by molar-refractivity contribution is 0.0468. The number of carbonyl (C=O) groups is 1. The lowest BCUT2D eigenvalue weighted by Gasteiger charge is -2.09. The van der Waals surface area contributed by atoms with E-state index in [4.69, 9.17) is 9.47 Å². The minimum Gasteiger partial charge on any atom is -0.504 e. The van der Waals surface area contributed by atoms with Crippen LogP contribution < -0.4 is 4.74 Å². The van der Waals surface area contributed by atoms with Crippen molar-refractivity contribution in [3.63, 3.8) is 0 Å². The Balaban J connectivity index is 2.10. The molecule has 0 spiro atoms. The highest BCUT2D eigenvalue weighted by Crippen LogP contribution is 2.32. The number of carbonyl (C=O) groups excluding carboxylic acids is 1. The third-order valence-corrected chi connectivity index (χ3v) is 3.16. The van der Waals surface area contributed by atoms with Gasteiger partial charge < -0.3 is 19.7 Å². The van der Waals surface area contributed by atoms with Crippen LogP contribution in [0.3, 0.4) is 0 Å². The Morgan fingerprint density at radius 1 is 1.18 bits per heavy atom. The third-order valence-electron chi connectivity index (χ3n) is 3.16. The van der Waals surface area contributed by atoms with Gasteiger partial charge in [0.2, 0.25) is 0 Å². The second-order valence-corrected chi connectivity index (χ2v) is 4.67. The number of aromatic hydroxyl groups is 2. The van der Waals surface area contributed by atoms with Gasteiger partial charge >= 0.3 is 5.97 Å². The summed E-state index contributed by atoms with van der Waals surface area (Å²) in [6.45, 7) is 1.41. The van der Waals surface area contributed by atoms with E-state index < -0.39 is 17.5 Å². The molecule has 0 atom stereocenters. The molecule has 0 amide bonds. The number of rotatable bonds is 4. The zero-order valence-electron chi connectivity index (χ0n) is 12.1. The molecule has 0 bridgehead atoms. The van der Waals surface area contributed by atoms with E-state index in [1.165, 1.54) is 31.4 Å². The van der Waals surface area contributed by atoms with Crippen molar-refractivity contribution >= 4 is 5.97 Å². The first-order valence-electron chi connectivity index (χ1n) is 6.45. The van der Waals surface area contributed by atoms with Crippen molar-refractivity contribution in [2.24, 2.45) is 0 Å².